The summed E-state index contributed by atoms with van der Waals surface area (Å²) in [7, 11) is 0. The lowest BCUT2D eigenvalue weighted by Gasteiger charge is -2.38. The number of alkyl halides is 6. The maximum Gasteiger partial charge on any atom is 0.522 e. The number of halogens is 6. The molecule has 0 aromatic carbocycles. The minimum absolute atomic E-state index is 0.147. The largest absolute Gasteiger partial charge is 0.522 e. The van der Waals surface area contributed by atoms with Gasteiger partial charge in [0.1, 0.15) is 11.2 Å². The van der Waals surface area contributed by atoms with Gasteiger partial charge in [-0.15, -0.1) is 13.2 Å². The zero-order chi connectivity index (χ0) is 21.4. The number of nitrogens with one attached hydrogen (secondary N) is 1. The maximum atomic E-state index is 13.1. The molecule has 2 aliphatic rings. The summed E-state index contributed by atoms with van der Waals surface area (Å²) in [5.41, 5.74) is -2.78. The first kappa shape index (κ1) is 21.3. The van der Waals surface area contributed by atoms with Gasteiger partial charge in [0, 0.05) is 6.54 Å². The van der Waals surface area contributed by atoms with E-state index in [1.54, 1.807) is 0 Å². The molecule has 160 valence electrons. The fraction of sp³-hybridized carbons (Fsp3) is 0.562. The Morgan fingerprint density at radius 3 is 2.28 bits per heavy atom. The number of hydrogen-bond donors (Lipinski definition) is 1. The quantitative estimate of drug-likeness (QED) is 0.592. The molecule has 7 nitrogen and oxygen atoms in total. The lowest BCUT2D eigenvalue weighted by atomic mass is 9.86. The third-order valence-corrected chi connectivity index (χ3v) is 4.85. The summed E-state index contributed by atoms with van der Waals surface area (Å²) in [4.78, 5) is 30.8. The van der Waals surface area contributed by atoms with Gasteiger partial charge in [0.2, 0.25) is 0 Å². The molecule has 3 rings (SSSR count). The fourth-order valence-corrected chi connectivity index (χ4v) is 3.51. The van der Waals surface area contributed by atoms with Crippen molar-refractivity contribution in [1.82, 2.24) is 15.2 Å². The van der Waals surface area contributed by atoms with Gasteiger partial charge in [-0.3, -0.25) is 9.53 Å². The topological polar surface area (TPSA) is 74.8 Å². The van der Waals surface area contributed by atoms with Crippen LogP contribution in [0.3, 0.4) is 0 Å². The van der Waals surface area contributed by atoms with Crippen molar-refractivity contribution >= 4 is 17.6 Å². The van der Waals surface area contributed by atoms with Crippen LogP contribution >= 0.6 is 0 Å². The molecule has 1 spiro atoms. The van der Waals surface area contributed by atoms with Gasteiger partial charge in [0.05, 0.1) is 18.5 Å². The number of imide groups is 1. The Morgan fingerprint density at radius 2 is 1.76 bits per heavy atom. The Morgan fingerprint density at radius 1 is 1.10 bits per heavy atom. The zero-order valence-electron chi connectivity index (χ0n) is 14.8. The van der Waals surface area contributed by atoms with Crippen molar-refractivity contribution in [3.8, 4) is 0 Å². The van der Waals surface area contributed by atoms with Crippen molar-refractivity contribution in [2.45, 2.75) is 30.9 Å². The van der Waals surface area contributed by atoms with Crippen molar-refractivity contribution < 1.29 is 40.7 Å². The number of nitrogens with zero attached hydrogens (tertiary/aromatic N) is 3. The number of hydrogen-bond acceptors (Lipinski definition) is 5. The van der Waals surface area contributed by atoms with Crippen LogP contribution in [0.5, 0.6) is 0 Å². The standard InChI is InChI=1S/C16H16F6N4O3/c17-15(18,19)11-2-1-10(9-24-11)26-12(27)14(3-5-23-6-4-14)25(13(26)28)7-8-29-16(20,21)22/h1-2,9,23H,3-8H2. The van der Waals surface area contributed by atoms with Crippen LogP contribution < -0.4 is 10.2 Å². The molecule has 2 aliphatic heterocycles. The van der Waals surface area contributed by atoms with Crippen LogP contribution in [-0.4, -0.2) is 60.0 Å². The summed E-state index contributed by atoms with van der Waals surface area (Å²) >= 11 is 0. The number of urea groups is 1. The number of ether oxygens (including phenoxy) is 1. The zero-order valence-corrected chi connectivity index (χ0v) is 14.8. The molecule has 1 aromatic heterocycles. The van der Waals surface area contributed by atoms with Crippen LogP contribution in [0.2, 0.25) is 0 Å². The van der Waals surface area contributed by atoms with E-state index >= 15 is 0 Å². The first-order valence-electron chi connectivity index (χ1n) is 8.56. The van der Waals surface area contributed by atoms with Crippen LogP contribution in [0, 0.1) is 0 Å². The smallest absolute Gasteiger partial charge is 0.317 e. The Labute approximate surface area is 160 Å². The second kappa shape index (κ2) is 7.44. The van der Waals surface area contributed by atoms with Crippen LogP contribution in [0.1, 0.15) is 18.5 Å². The monoisotopic (exact) mass is 426 g/mol. The molecule has 3 heterocycles. The van der Waals surface area contributed by atoms with Gasteiger partial charge in [0.25, 0.3) is 5.91 Å². The maximum absolute atomic E-state index is 13.1. The molecule has 2 saturated heterocycles. The van der Waals surface area contributed by atoms with E-state index in [9.17, 15) is 35.9 Å². The third kappa shape index (κ3) is 4.15. The normalized spacial score (nSPS) is 20.1. The second-order valence-electron chi connectivity index (χ2n) is 6.55. The average Bonchev–Trinajstić information content (AvgIpc) is 2.82. The summed E-state index contributed by atoms with van der Waals surface area (Å²) in [6.45, 7) is -0.699. The lowest BCUT2D eigenvalue weighted by molar-refractivity contribution is -0.325. The van der Waals surface area contributed by atoms with Gasteiger partial charge in [-0.25, -0.2) is 14.7 Å². The minimum Gasteiger partial charge on any atom is -0.317 e. The molecule has 3 amide bonds. The highest BCUT2D eigenvalue weighted by atomic mass is 19.4. The summed E-state index contributed by atoms with van der Waals surface area (Å²) in [5.74, 6) is -0.711. The van der Waals surface area contributed by atoms with E-state index in [1.807, 2.05) is 0 Å². The van der Waals surface area contributed by atoms with Crippen molar-refractivity contribution in [2.75, 3.05) is 31.1 Å². The summed E-state index contributed by atoms with van der Waals surface area (Å²) in [6, 6.07) is 0.625. The highest BCUT2D eigenvalue weighted by Crippen LogP contribution is 2.38. The van der Waals surface area contributed by atoms with Gasteiger partial charge in [-0.05, 0) is 38.1 Å². The Kier molecular flexibility index (Phi) is 5.47. The van der Waals surface area contributed by atoms with Gasteiger partial charge in [-0.1, -0.05) is 0 Å². The molecule has 0 atom stereocenters. The molecule has 0 unspecified atom stereocenters. The Hall–Kier alpha value is -2.41. The number of rotatable bonds is 4. The molecule has 0 radical (unpaired) electrons. The number of pyridine rings is 1. The minimum atomic E-state index is -4.90. The van der Waals surface area contributed by atoms with Crippen molar-refractivity contribution in [1.29, 1.82) is 0 Å². The van der Waals surface area contributed by atoms with Gasteiger partial charge < -0.3 is 10.2 Å². The van der Waals surface area contributed by atoms with E-state index in [-0.39, 0.29) is 18.5 Å². The summed E-state index contributed by atoms with van der Waals surface area (Å²) in [6.07, 6.45) is -8.56. The molecule has 1 aromatic rings. The molecule has 0 aliphatic carbocycles. The van der Waals surface area contributed by atoms with E-state index in [0.717, 1.165) is 17.2 Å². The lowest BCUT2D eigenvalue weighted by Crippen LogP contribution is -2.56. The first-order valence-corrected chi connectivity index (χ1v) is 8.56. The summed E-state index contributed by atoms with van der Waals surface area (Å²) < 4.78 is 78.7. The number of amides is 3. The Bertz CT molecular complexity index is 774. The van der Waals surface area contributed by atoms with E-state index in [2.05, 4.69) is 15.0 Å². The molecular weight excluding hydrogens is 410 g/mol. The molecule has 0 bridgehead atoms. The number of aromatic nitrogens is 1. The third-order valence-electron chi connectivity index (χ3n) is 4.85. The second-order valence-corrected chi connectivity index (χ2v) is 6.55. The van der Waals surface area contributed by atoms with E-state index in [1.165, 1.54) is 0 Å². The van der Waals surface area contributed by atoms with Crippen molar-refractivity contribution in [3.63, 3.8) is 0 Å². The Balaban J connectivity index is 1.89. The van der Waals surface area contributed by atoms with Crippen LogP contribution in [0.25, 0.3) is 0 Å². The summed E-state index contributed by atoms with van der Waals surface area (Å²) in [5, 5.41) is 2.99. The van der Waals surface area contributed by atoms with Gasteiger partial charge >= 0.3 is 18.6 Å². The number of carbonyl (C=O) groups excluding carboxylic acids is 2. The number of piperidine rings is 1. The molecule has 2 fully saturated rings. The highest BCUT2D eigenvalue weighted by Gasteiger charge is 2.57. The molecule has 13 heteroatoms. The predicted molar refractivity (Wildman–Crippen MR) is 85.7 cm³/mol. The molecule has 1 N–H and O–H groups in total. The van der Waals surface area contributed by atoms with Crippen LogP contribution in [0.4, 0.5) is 36.8 Å². The molecular formula is C16H16F6N4O3. The van der Waals surface area contributed by atoms with Crippen molar-refractivity contribution in [2.24, 2.45) is 0 Å². The number of anilines is 1. The average molecular weight is 426 g/mol. The first-order chi connectivity index (χ1) is 13.5. The SMILES string of the molecule is O=C1N(c2ccc(C(F)(F)F)nc2)C(=O)C2(CCNCC2)N1CCOC(F)(F)F. The highest BCUT2D eigenvalue weighted by molar-refractivity contribution is 6.23. The van der Waals surface area contributed by atoms with E-state index in [4.69, 9.17) is 0 Å². The molecule has 0 saturated carbocycles. The van der Waals surface area contributed by atoms with Crippen molar-refractivity contribution in [3.05, 3.63) is 24.0 Å². The molecule has 29 heavy (non-hydrogen) atoms. The van der Waals surface area contributed by atoms with Crippen LogP contribution in [0.15, 0.2) is 18.3 Å². The van der Waals surface area contributed by atoms with Gasteiger partial charge in [-0.2, -0.15) is 13.2 Å². The van der Waals surface area contributed by atoms with Gasteiger partial charge in [0.15, 0.2) is 0 Å². The van der Waals surface area contributed by atoms with E-state index < -0.39 is 48.9 Å². The van der Waals surface area contributed by atoms with Crippen LogP contribution in [-0.2, 0) is 15.7 Å². The fourth-order valence-electron chi connectivity index (χ4n) is 3.51. The predicted octanol–water partition coefficient (Wildman–Crippen LogP) is 2.53. The number of carbonyl (C=O) groups is 2. The van der Waals surface area contributed by atoms with E-state index in [0.29, 0.717) is 24.1 Å².